The second-order valence-corrected chi connectivity index (χ2v) is 4.90. The summed E-state index contributed by atoms with van der Waals surface area (Å²) in [4.78, 5) is 4.23. The van der Waals surface area contributed by atoms with Crippen LogP contribution in [0.3, 0.4) is 0 Å². The van der Waals surface area contributed by atoms with Gasteiger partial charge in [0, 0.05) is 18.4 Å². The van der Waals surface area contributed by atoms with Crippen LogP contribution in [-0.2, 0) is 0 Å². The first-order valence-corrected chi connectivity index (χ1v) is 6.17. The third-order valence-corrected chi connectivity index (χ3v) is 3.54. The number of nitrogens with two attached hydrogens (primary N) is 1. The molecule has 16 heavy (non-hydrogen) atoms. The minimum Gasteiger partial charge on any atom is -0.271 e. The Labute approximate surface area is 97.4 Å². The van der Waals surface area contributed by atoms with Crippen LogP contribution in [0.4, 0.5) is 0 Å². The minimum atomic E-state index is 0.260. The summed E-state index contributed by atoms with van der Waals surface area (Å²) in [6.45, 7) is 2.07. The highest BCUT2D eigenvalue weighted by Crippen LogP contribution is 2.32. The molecule has 0 bridgehead atoms. The van der Waals surface area contributed by atoms with Crippen LogP contribution in [0, 0.1) is 12.8 Å². The maximum Gasteiger partial charge on any atom is 0.0477 e. The molecule has 3 N–H and O–H groups in total. The Morgan fingerprint density at radius 2 is 2.19 bits per heavy atom. The fraction of sp³-hybridized carbons (Fsp3) is 0.615. The molecule has 1 aromatic heterocycles. The normalized spacial score (nSPS) is 18.9. The summed E-state index contributed by atoms with van der Waals surface area (Å²) < 4.78 is 0. The van der Waals surface area contributed by atoms with Crippen molar-refractivity contribution < 1.29 is 0 Å². The highest BCUT2D eigenvalue weighted by Gasteiger charge is 2.20. The van der Waals surface area contributed by atoms with Gasteiger partial charge in [0.25, 0.3) is 0 Å². The first-order valence-electron chi connectivity index (χ1n) is 6.17. The Morgan fingerprint density at radius 3 is 2.81 bits per heavy atom. The van der Waals surface area contributed by atoms with Gasteiger partial charge in [-0.05, 0) is 30.4 Å². The number of rotatable bonds is 4. The van der Waals surface area contributed by atoms with E-state index in [0.717, 1.165) is 12.3 Å². The number of hydrogen-bond donors (Lipinski definition) is 2. The highest BCUT2D eigenvalue weighted by molar-refractivity contribution is 5.20. The molecule has 1 atom stereocenters. The molecule has 2 rings (SSSR count). The van der Waals surface area contributed by atoms with Crippen LogP contribution in [0.15, 0.2) is 18.5 Å². The van der Waals surface area contributed by atoms with Crippen LogP contribution >= 0.6 is 0 Å². The number of pyridine rings is 1. The van der Waals surface area contributed by atoms with Gasteiger partial charge in [0.1, 0.15) is 0 Å². The standard InChI is InChI=1S/C13H21N3/c1-10-6-12(9-15-8-10)13(16-14)7-11-4-2-3-5-11/h6,8-9,11,13,16H,2-5,7,14H2,1H3. The molecule has 1 saturated carbocycles. The lowest BCUT2D eigenvalue weighted by Crippen LogP contribution is -2.29. The number of nitrogens with one attached hydrogen (secondary N) is 1. The van der Waals surface area contributed by atoms with Crippen molar-refractivity contribution in [1.29, 1.82) is 0 Å². The van der Waals surface area contributed by atoms with Crippen molar-refractivity contribution in [1.82, 2.24) is 10.4 Å². The average molecular weight is 219 g/mol. The zero-order valence-corrected chi connectivity index (χ0v) is 9.95. The Kier molecular flexibility index (Phi) is 3.91. The van der Waals surface area contributed by atoms with Crippen molar-refractivity contribution in [2.45, 2.75) is 45.1 Å². The lowest BCUT2D eigenvalue weighted by molar-refractivity contribution is 0.399. The van der Waals surface area contributed by atoms with Crippen LogP contribution in [0.5, 0.6) is 0 Å². The van der Waals surface area contributed by atoms with E-state index in [4.69, 9.17) is 5.84 Å². The zero-order valence-electron chi connectivity index (χ0n) is 9.95. The van der Waals surface area contributed by atoms with E-state index < -0.39 is 0 Å². The summed E-state index contributed by atoms with van der Waals surface area (Å²) in [6.07, 6.45) is 10.4. The molecule has 88 valence electrons. The van der Waals surface area contributed by atoms with E-state index in [9.17, 15) is 0 Å². The van der Waals surface area contributed by atoms with Gasteiger partial charge in [-0.25, -0.2) is 0 Å². The molecule has 0 aliphatic heterocycles. The summed E-state index contributed by atoms with van der Waals surface area (Å²) >= 11 is 0. The second kappa shape index (κ2) is 5.41. The van der Waals surface area contributed by atoms with Crippen LogP contribution < -0.4 is 11.3 Å². The monoisotopic (exact) mass is 219 g/mol. The second-order valence-electron chi connectivity index (χ2n) is 4.90. The fourth-order valence-corrected chi connectivity index (χ4v) is 2.65. The molecule has 1 aliphatic carbocycles. The Hall–Kier alpha value is -0.930. The molecule has 1 aromatic rings. The smallest absolute Gasteiger partial charge is 0.0477 e. The molecule has 1 unspecified atom stereocenters. The van der Waals surface area contributed by atoms with E-state index >= 15 is 0 Å². The quantitative estimate of drug-likeness (QED) is 0.604. The minimum absolute atomic E-state index is 0.260. The third kappa shape index (κ3) is 2.80. The number of aromatic nitrogens is 1. The summed E-state index contributed by atoms with van der Waals surface area (Å²) in [5, 5.41) is 0. The molecule has 0 aromatic carbocycles. The van der Waals surface area contributed by atoms with Gasteiger partial charge >= 0.3 is 0 Å². The van der Waals surface area contributed by atoms with E-state index in [1.54, 1.807) is 0 Å². The van der Waals surface area contributed by atoms with Crippen molar-refractivity contribution in [2.75, 3.05) is 0 Å². The molecular weight excluding hydrogens is 198 g/mol. The van der Waals surface area contributed by atoms with E-state index in [0.29, 0.717) is 0 Å². The van der Waals surface area contributed by atoms with E-state index in [2.05, 4.69) is 23.4 Å². The molecule has 0 saturated heterocycles. The van der Waals surface area contributed by atoms with Gasteiger partial charge in [-0.15, -0.1) is 0 Å². The maximum atomic E-state index is 5.66. The SMILES string of the molecule is Cc1cncc(C(CC2CCCC2)NN)c1. The molecule has 0 spiro atoms. The van der Waals surface area contributed by atoms with Gasteiger partial charge in [0.05, 0.1) is 0 Å². The third-order valence-electron chi connectivity index (χ3n) is 3.54. The summed E-state index contributed by atoms with van der Waals surface area (Å²) in [5.74, 6) is 6.49. The van der Waals surface area contributed by atoms with Crippen LogP contribution in [0.2, 0.25) is 0 Å². The van der Waals surface area contributed by atoms with Crippen molar-refractivity contribution in [3.63, 3.8) is 0 Å². The Morgan fingerprint density at radius 1 is 1.44 bits per heavy atom. The topological polar surface area (TPSA) is 50.9 Å². The van der Waals surface area contributed by atoms with Gasteiger partial charge in [0.15, 0.2) is 0 Å². The lowest BCUT2D eigenvalue weighted by atomic mass is 9.94. The van der Waals surface area contributed by atoms with E-state index in [-0.39, 0.29) is 6.04 Å². The molecule has 3 heteroatoms. The largest absolute Gasteiger partial charge is 0.271 e. The number of nitrogens with zero attached hydrogens (tertiary/aromatic N) is 1. The maximum absolute atomic E-state index is 5.66. The van der Waals surface area contributed by atoms with Crippen molar-refractivity contribution >= 4 is 0 Å². The molecule has 1 heterocycles. The zero-order chi connectivity index (χ0) is 11.4. The summed E-state index contributed by atoms with van der Waals surface area (Å²) in [6, 6.07) is 2.43. The first kappa shape index (κ1) is 11.6. The van der Waals surface area contributed by atoms with Crippen molar-refractivity contribution in [3.05, 3.63) is 29.6 Å². The van der Waals surface area contributed by atoms with Crippen LogP contribution in [0.1, 0.15) is 49.3 Å². The molecule has 1 aliphatic rings. The molecule has 0 radical (unpaired) electrons. The number of hydrazine groups is 1. The molecular formula is C13H21N3. The predicted octanol–water partition coefficient (Wildman–Crippen LogP) is 2.47. The Bertz CT molecular complexity index is 332. The molecule has 1 fully saturated rings. The molecule has 0 amide bonds. The summed E-state index contributed by atoms with van der Waals surface area (Å²) in [7, 11) is 0. The average Bonchev–Trinajstić information content (AvgIpc) is 2.78. The van der Waals surface area contributed by atoms with Crippen LogP contribution in [0.25, 0.3) is 0 Å². The lowest BCUT2D eigenvalue weighted by Gasteiger charge is -2.20. The van der Waals surface area contributed by atoms with Gasteiger partial charge in [-0.3, -0.25) is 16.3 Å². The fourth-order valence-electron chi connectivity index (χ4n) is 2.65. The van der Waals surface area contributed by atoms with Crippen molar-refractivity contribution in [3.8, 4) is 0 Å². The van der Waals surface area contributed by atoms with Gasteiger partial charge < -0.3 is 0 Å². The number of hydrogen-bond acceptors (Lipinski definition) is 3. The van der Waals surface area contributed by atoms with Gasteiger partial charge in [-0.2, -0.15) is 0 Å². The number of aryl methyl sites for hydroxylation is 1. The van der Waals surface area contributed by atoms with E-state index in [1.165, 1.54) is 36.8 Å². The first-order chi connectivity index (χ1) is 7.79. The summed E-state index contributed by atoms with van der Waals surface area (Å²) in [5.41, 5.74) is 5.35. The predicted molar refractivity (Wildman–Crippen MR) is 65.6 cm³/mol. The Balaban J connectivity index is 2.03. The van der Waals surface area contributed by atoms with Gasteiger partial charge in [-0.1, -0.05) is 31.7 Å². The van der Waals surface area contributed by atoms with Crippen molar-refractivity contribution in [2.24, 2.45) is 11.8 Å². The van der Waals surface area contributed by atoms with E-state index in [1.807, 2.05) is 12.4 Å². The van der Waals surface area contributed by atoms with Gasteiger partial charge in [0.2, 0.25) is 0 Å². The molecule has 3 nitrogen and oxygen atoms in total. The highest BCUT2D eigenvalue weighted by atomic mass is 15.2. The van der Waals surface area contributed by atoms with Crippen LogP contribution in [-0.4, -0.2) is 4.98 Å².